The van der Waals surface area contributed by atoms with Crippen molar-refractivity contribution >= 4 is 17.3 Å². The molecule has 0 spiro atoms. The molecule has 0 aliphatic carbocycles. The number of hydrogen-bond donors (Lipinski definition) is 3. The lowest BCUT2D eigenvalue weighted by Crippen LogP contribution is -3.06. The Morgan fingerprint density at radius 2 is 1.85 bits per heavy atom. The zero-order valence-corrected chi connectivity index (χ0v) is 14.0. The smallest absolute Gasteiger partial charge is 0.166 e. The Labute approximate surface area is 128 Å². The second-order valence-electron chi connectivity index (χ2n) is 5.67. The Balaban J connectivity index is 2.16. The highest BCUT2D eigenvalue weighted by molar-refractivity contribution is 7.80. The van der Waals surface area contributed by atoms with E-state index in [9.17, 15) is 0 Å². The summed E-state index contributed by atoms with van der Waals surface area (Å²) in [4.78, 5) is 1.43. The van der Waals surface area contributed by atoms with Crippen LogP contribution in [0.3, 0.4) is 0 Å². The van der Waals surface area contributed by atoms with Gasteiger partial charge in [-0.05, 0) is 50.0 Å². The van der Waals surface area contributed by atoms with E-state index in [0.717, 1.165) is 37.6 Å². The third kappa shape index (κ3) is 6.87. The maximum Gasteiger partial charge on any atom is 0.166 e. The van der Waals surface area contributed by atoms with Gasteiger partial charge < -0.3 is 15.5 Å². The van der Waals surface area contributed by atoms with Crippen molar-refractivity contribution in [2.24, 2.45) is 0 Å². The summed E-state index contributed by atoms with van der Waals surface area (Å²) in [6.07, 6.45) is 2.20. The zero-order chi connectivity index (χ0) is 15.0. The van der Waals surface area contributed by atoms with E-state index in [1.807, 2.05) is 0 Å². The van der Waals surface area contributed by atoms with Crippen LogP contribution >= 0.6 is 12.2 Å². The van der Waals surface area contributed by atoms with Gasteiger partial charge in [-0.15, -0.1) is 0 Å². The molecule has 3 N–H and O–H groups in total. The third-order valence-electron chi connectivity index (χ3n) is 3.32. The maximum absolute atomic E-state index is 5.25. The van der Waals surface area contributed by atoms with Crippen molar-refractivity contribution in [1.29, 1.82) is 0 Å². The highest BCUT2D eigenvalue weighted by atomic mass is 32.1. The van der Waals surface area contributed by atoms with Crippen LogP contribution in [0.1, 0.15) is 23.1 Å². The second-order valence-corrected chi connectivity index (χ2v) is 6.08. The fourth-order valence-electron chi connectivity index (χ4n) is 2.10. The molecule has 0 heterocycles. The van der Waals surface area contributed by atoms with Crippen LogP contribution in [0.15, 0.2) is 18.2 Å². The third-order valence-corrected chi connectivity index (χ3v) is 3.61. The minimum Gasteiger partial charge on any atom is -0.363 e. The molecule has 1 aromatic rings. The Morgan fingerprint density at radius 1 is 1.15 bits per heavy atom. The second kappa shape index (κ2) is 8.93. The van der Waals surface area contributed by atoms with Gasteiger partial charge in [-0.2, -0.15) is 0 Å². The maximum atomic E-state index is 5.25. The number of thiocarbonyl (C=S) groups is 1. The topological polar surface area (TPSA) is 28.5 Å². The summed E-state index contributed by atoms with van der Waals surface area (Å²) in [7, 11) is 4.28. The molecule has 1 aromatic carbocycles. The molecule has 0 fully saturated rings. The first-order valence-electron chi connectivity index (χ1n) is 7.36. The van der Waals surface area contributed by atoms with Crippen LogP contribution in [-0.4, -0.2) is 38.8 Å². The summed E-state index contributed by atoms with van der Waals surface area (Å²) in [6.45, 7) is 7.24. The van der Waals surface area contributed by atoms with Gasteiger partial charge in [0.2, 0.25) is 0 Å². The summed E-state index contributed by atoms with van der Waals surface area (Å²) >= 11 is 5.25. The summed E-state index contributed by atoms with van der Waals surface area (Å²) in [5.41, 5.74) is 4.16. The lowest BCUT2D eigenvalue weighted by molar-refractivity contribution is -0.856. The van der Waals surface area contributed by atoms with Gasteiger partial charge in [0, 0.05) is 6.54 Å². The molecular weight excluding hydrogens is 266 g/mol. The van der Waals surface area contributed by atoms with E-state index in [-0.39, 0.29) is 0 Å². The SMILES string of the molecule is Cc1ccc(CCCNC(=S)NCC[NH+](C)C)c(C)c1. The molecule has 0 bridgehead atoms. The minimum atomic E-state index is 0.770. The van der Waals surface area contributed by atoms with Gasteiger partial charge in [-0.1, -0.05) is 23.8 Å². The van der Waals surface area contributed by atoms with Crippen LogP contribution in [0.25, 0.3) is 0 Å². The van der Waals surface area contributed by atoms with E-state index in [2.05, 4.69) is 56.8 Å². The van der Waals surface area contributed by atoms with Crippen molar-refractivity contribution in [2.75, 3.05) is 33.7 Å². The predicted octanol–water partition coefficient (Wildman–Crippen LogP) is 0.845. The lowest BCUT2D eigenvalue weighted by atomic mass is 10.0. The van der Waals surface area contributed by atoms with E-state index < -0.39 is 0 Å². The van der Waals surface area contributed by atoms with Gasteiger partial charge >= 0.3 is 0 Å². The van der Waals surface area contributed by atoms with E-state index in [1.54, 1.807) is 0 Å². The molecule has 0 saturated heterocycles. The highest BCUT2D eigenvalue weighted by Crippen LogP contribution is 2.12. The molecule has 0 saturated carbocycles. The molecule has 0 aliphatic heterocycles. The summed E-state index contributed by atoms with van der Waals surface area (Å²) in [5, 5.41) is 7.27. The molecule has 1 rings (SSSR count). The highest BCUT2D eigenvalue weighted by Gasteiger charge is 2.00. The number of aryl methyl sites for hydroxylation is 3. The number of likely N-dealkylation sites (N-methyl/N-ethyl adjacent to an activating group) is 1. The van der Waals surface area contributed by atoms with Crippen molar-refractivity contribution in [3.8, 4) is 0 Å². The first kappa shape index (κ1) is 16.9. The molecule has 0 aromatic heterocycles. The van der Waals surface area contributed by atoms with E-state index >= 15 is 0 Å². The molecule has 112 valence electrons. The molecule has 4 heteroatoms. The molecule has 0 aliphatic rings. The van der Waals surface area contributed by atoms with Crippen molar-refractivity contribution in [2.45, 2.75) is 26.7 Å². The van der Waals surface area contributed by atoms with Crippen LogP contribution in [0.5, 0.6) is 0 Å². The monoisotopic (exact) mass is 294 g/mol. The van der Waals surface area contributed by atoms with Gasteiger partial charge in [0.15, 0.2) is 5.11 Å². The van der Waals surface area contributed by atoms with Gasteiger partial charge in [0.1, 0.15) is 0 Å². The van der Waals surface area contributed by atoms with Crippen molar-refractivity contribution < 1.29 is 4.90 Å². The van der Waals surface area contributed by atoms with Crippen molar-refractivity contribution in [3.05, 3.63) is 34.9 Å². The van der Waals surface area contributed by atoms with Crippen LogP contribution in [0.2, 0.25) is 0 Å². The average molecular weight is 294 g/mol. The molecular formula is C16H28N3S+. The van der Waals surface area contributed by atoms with Crippen molar-refractivity contribution in [1.82, 2.24) is 10.6 Å². The van der Waals surface area contributed by atoms with Gasteiger partial charge in [0.25, 0.3) is 0 Å². The van der Waals surface area contributed by atoms with Gasteiger partial charge in [-0.25, -0.2) is 0 Å². The van der Waals surface area contributed by atoms with Crippen LogP contribution in [-0.2, 0) is 6.42 Å². The Morgan fingerprint density at radius 3 is 2.50 bits per heavy atom. The number of hydrogen-bond acceptors (Lipinski definition) is 1. The predicted molar refractivity (Wildman–Crippen MR) is 90.5 cm³/mol. The number of nitrogens with one attached hydrogen (secondary N) is 3. The standard InChI is InChI=1S/C16H27N3S/c1-13-7-8-15(14(2)12-13)6-5-9-17-16(20)18-10-11-19(3)4/h7-8,12H,5-6,9-11H2,1-4H3,(H2,17,18,20)/p+1. The minimum absolute atomic E-state index is 0.770. The first-order chi connectivity index (χ1) is 9.49. The summed E-state index contributed by atoms with van der Waals surface area (Å²) < 4.78 is 0. The molecule has 0 radical (unpaired) electrons. The molecule has 3 nitrogen and oxygen atoms in total. The number of quaternary nitrogens is 1. The number of benzene rings is 1. The van der Waals surface area contributed by atoms with Gasteiger partial charge in [-0.3, -0.25) is 0 Å². The fraction of sp³-hybridized carbons (Fsp3) is 0.562. The Kier molecular flexibility index (Phi) is 7.55. The lowest BCUT2D eigenvalue weighted by Gasteiger charge is -2.12. The molecule has 0 unspecified atom stereocenters. The molecule has 0 amide bonds. The first-order valence-corrected chi connectivity index (χ1v) is 7.76. The Bertz CT molecular complexity index is 430. The van der Waals surface area contributed by atoms with Crippen LogP contribution in [0.4, 0.5) is 0 Å². The quantitative estimate of drug-likeness (QED) is 0.514. The van der Waals surface area contributed by atoms with E-state index in [4.69, 9.17) is 12.2 Å². The summed E-state index contributed by atoms with van der Waals surface area (Å²) in [6, 6.07) is 6.67. The Hall–Kier alpha value is -1.13. The van der Waals surface area contributed by atoms with Crippen molar-refractivity contribution in [3.63, 3.8) is 0 Å². The average Bonchev–Trinajstić information content (AvgIpc) is 2.36. The van der Waals surface area contributed by atoms with Gasteiger partial charge in [0.05, 0.1) is 27.2 Å². The zero-order valence-electron chi connectivity index (χ0n) is 13.2. The largest absolute Gasteiger partial charge is 0.363 e. The molecule has 0 atom stereocenters. The fourth-order valence-corrected chi connectivity index (χ4v) is 2.30. The van der Waals surface area contributed by atoms with Crippen LogP contribution < -0.4 is 15.5 Å². The molecule has 20 heavy (non-hydrogen) atoms. The normalized spacial score (nSPS) is 10.7. The van der Waals surface area contributed by atoms with E-state index in [1.165, 1.54) is 21.6 Å². The van der Waals surface area contributed by atoms with E-state index in [0.29, 0.717) is 0 Å². The summed E-state index contributed by atoms with van der Waals surface area (Å²) in [5.74, 6) is 0. The number of rotatable bonds is 7. The van der Waals surface area contributed by atoms with Crippen LogP contribution in [0, 0.1) is 13.8 Å².